The van der Waals surface area contributed by atoms with Crippen molar-refractivity contribution >= 4 is 18.0 Å². The Kier molecular flexibility index (Phi) is 7.81. The molecule has 1 fully saturated rings. The van der Waals surface area contributed by atoms with E-state index in [4.69, 9.17) is 14.2 Å². The molecule has 2 atom stereocenters. The molecule has 0 bridgehead atoms. The summed E-state index contributed by atoms with van der Waals surface area (Å²) in [5.41, 5.74) is 1.62. The van der Waals surface area contributed by atoms with Crippen LogP contribution in [-0.2, 0) is 14.3 Å². The zero-order chi connectivity index (χ0) is 24.9. The normalized spacial score (nSPS) is 15.0. The number of methoxy groups -OCH3 is 1. The van der Waals surface area contributed by atoms with Gasteiger partial charge in [-0.25, -0.2) is 9.59 Å². The number of benzene rings is 2. The molecule has 1 saturated carbocycles. The zero-order valence-electron chi connectivity index (χ0n) is 20.2. The maximum absolute atomic E-state index is 12.8. The van der Waals surface area contributed by atoms with Gasteiger partial charge in [0.15, 0.2) is 0 Å². The number of alkyl carbamates (subject to hydrolysis) is 1. The van der Waals surface area contributed by atoms with E-state index in [2.05, 4.69) is 10.6 Å². The molecule has 2 aromatic carbocycles. The highest BCUT2D eigenvalue weighted by atomic mass is 16.6. The summed E-state index contributed by atoms with van der Waals surface area (Å²) < 4.78 is 15.8. The highest BCUT2D eigenvalue weighted by molar-refractivity contribution is 5.97. The first-order valence-electron chi connectivity index (χ1n) is 11.3. The molecule has 34 heavy (non-hydrogen) atoms. The van der Waals surface area contributed by atoms with Crippen molar-refractivity contribution in [1.82, 2.24) is 10.6 Å². The number of carbonyl (C=O) groups is 3. The number of amides is 2. The fraction of sp³-hybridized carbons (Fsp3) is 0.423. The second kappa shape index (κ2) is 10.6. The summed E-state index contributed by atoms with van der Waals surface area (Å²) in [7, 11) is 1.22. The smallest absolute Gasteiger partial charge is 0.407 e. The minimum Gasteiger partial charge on any atom is -0.490 e. The average molecular weight is 469 g/mol. The topological polar surface area (TPSA) is 103 Å². The predicted octanol–water partition coefficient (Wildman–Crippen LogP) is 4.08. The van der Waals surface area contributed by atoms with Gasteiger partial charge >= 0.3 is 12.1 Å². The Hall–Kier alpha value is -3.55. The van der Waals surface area contributed by atoms with Crippen LogP contribution < -0.4 is 15.4 Å². The standard InChI is InChI=1S/C26H32N2O6/c1-16(27-25(31)34-26(2,3)4)22(24(30)32-5)28-23(29)19-8-6-17(7-9-19)18-10-12-20(13-11-18)33-21-14-15-21/h6-13,16,21-22H,14-15H2,1-5H3,(H,27,31)(H,28,29)/t16-,22+/m1/s1. The highest BCUT2D eigenvalue weighted by Gasteiger charge is 2.30. The van der Waals surface area contributed by atoms with Crippen LogP contribution in [-0.4, -0.2) is 48.9 Å². The number of ether oxygens (including phenoxy) is 3. The van der Waals surface area contributed by atoms with E-state index in [1.54, 1.807) is 39.8 Å². The van der Waals surface area contributed by atoms with Crippen LogP contribution in [0.4, 0.5) is 4.79 Å². The van der Waals surface area contributed by atoms with Crippen LogP contribution in [0.5, 0.6) is 5.75 Å². The van der Waals surface area contributed by atoms with Crippen molar-refractivity contribution in [3.63, 3.8) is 0 Å². The molecule has 1 aliphatic rings. The van der Waals surface area contributed by atoms with Crippen molar-refractivity contribution in [3.05, 3.63) is 54.1 Å². The first-order valence-corrected chi connectivity index (χ1v) is 11.3. The van der Waals surface area contributed by atoms with Gasteiger partial charge in [-0.05, 0) is 75.9 Å². The van der Waals surface area contributed by atoms with Gasteiger partial charge in [0.25, 0.3) is 5.91 Å². The molecule has 182 valence electrons. The average Bonchev–Trinajstić information content (AvgIpc) is 3.60. The summed E-state index contributed by atoms with van der Waals surface area (Å²) in [4.78, 5) is 37.2. The van der Waals surface area contributed by atoms with Crippen LogP contribution in [0.3, 0.4) is 0 Å². The third-order valence-corrected chi connectivity index (χ3v) is 5.15. The number of rotatable bonds is 8. The summed E-state index contributed by atoms with van der Waals surface area (Å²) in [6, 6.07) is 13.0. The number of hydrogen-bond donors (Lipinski definition) is 2. The molecular formula is C26H32N2O6. The van der Waals surface area contributed by atoms with Crippen molar-refractivity contribution in [3.8, 4) is 16.9 Å². The van der Waals surface area contributed by atoms with Crippen LogP contribution in [0, 0.1) is 0 Å². The Balaban J connectivity index is 1.64. The van der Waals surface area contributed by atoms with Gasteiger partial charge in [0.05, 0.1) is 19.3 Å². The quantitative estimate of drug-likeness (QED) is 0.566. The van der Waals surface area contributed by atoms with Gasteiger partial charge in [0, 0.05) is 5.56 Å². The van der Waals surface area contributed by atoms with Crippen LogP contribution in [0.2, 0.25) is 0 Å². The third-order valence-electron chi connectivity index (χ3n) is 5.15. The van der Waals surface area contributed by atoms with Gasteiger partial charge in [-0.1, -0.05) is 24.3 Å². The molecule has 0 aliphatic heterocycles. The number of nitrogens with one attached hydrogen (secondary N) is 2. The first-order chi connectivity index (χ1) is 16.1. The summed E-state index contributed by atoms with van der Waals surface area (Å²) >= 11 is 0. The lowest BCUT2D eigenvalue weighted by Gasteiger charge is -2.26. The van der Waals surface area contributed by atoms with Crippen LogP contribution >= 0.6 is 0 Å². The summed E-state index contributed by atoms with van der Waals surface area (Å²) in [6.45, 7) is 6.79. The maximum atomic E-state index is 12.8. The van der Waals surface area contributed by atoms with Crippen molar-refractivity contribution in [2.75, 3.05) is 7.11 Å². The fourth-order valence-electron chi connectivity index (χ4n) is 3.23. The molecule has 3 rings (SSSR count). The monoisotopic (exact) mass is 468 g/mol. The van der Waals surface area contributed by atoms with Crippen molar-refractivity contribution < 1.29 is 28.6 Å². The molecule has 0 radical (unpaired) electrons. The lowest BCUT2D eigenvalue weighted by Crippen LogP contribution is -2.55. The molecule has 1 aliphatic carbocycles. The molecule has 0 saturated heterocycles. The fourth-order valence-corrected chi connectivity index (χ4v) is 3.23. The Morgan fingerprint density at radius 2 is 1.47 bits per heavy atom. The Morgan fingerprint density at radius 1 is 0.912 bits per heavy atom. The predicted molar refractivity (Wildman–Crippen MR) is 128 cm³/mol. The minimum absolute atomic E-state index is 0.347. The summed E-state index contributed by atoms with van der Waals surface area (Å²) in [5.74, 6) is -0.291. The molecule has 0 spiro atoms. The molecule has 8 heteroatoms. The maximum Gasteiger partial charge on any atom is 0.407 e. The van der Waals surface area contributed by atoms with Gasteiger partial charge in [-0.3, -0.25) is 4.79 Å². The van der Waals surface area contributed by atoms with Crippen molar-refractivity contribution in [2.45, 2.75) is 64.3 Å². The Bertz CT molecular complexity index is 1010. The molecular weight excluding hydrogens is 436 g/mol. The number of esters is 1. The SMILES string of the molecule is COC(=O)[C@@H](NC(=O)c1ccc(-c2ccc(OC3CC3)cc2)cc1)[C@@H](C)NC(=O)OC(C)(C)C. The van der Waals surface area contributed by atoms with E-state index in [0.717, 1.165) is 29.7 Å². The van der Waals surface area contributed by atoms with Gasteiger partial charge in [-0.15, -0.1) is 0 Å². The summed E-state index contributed by atoms with van der Waals surface area (Å²) in [5, 5.41) is 5.21. The van der Waals surface area contributed by atoms with E-state index in [-0.39, 0.29) is 0 Å². The third kappa shape index (κ3) is 7.23. The van der Waals surface area contributed by atoms with E-state index in [9.17, 15) is 14.4 Å². The second-order valence-corrected chi connectivity index (χ2v) is 9.33. The molecule has 2 aromatic rings. The van der Waals surface area contributed by atoms with E-state index >= 15 is 0 Å². The number of carbonyl (C=O) groups excluding carboxylic acids is 3. The lowest BCUT2D eigenvalue weighted by atomic mass is 10.0. The Labute approximate surface area is 200 Å². The van der Waals surface area contributed by atoms with Crippen molar-refractivity contribution in [1.29, 1.82) is 0 Å². The molecule has 0 aromatic heterocycles. The van der Waals surface area contributed by atoms with E-state index < -0.39 is 35.7 Å². The molecule has 2 N–H and O–H groups in total. The molecule has 2 amide bonds. The zero-order valence-corrected chi connectivity index (χ0v) is 20.2. The molecule has 8 nitrogen and oxygen atoms in total. The van der Waals surface area contributed by atoms with Crippen LogP contribution in [0.25, 0.3) is 11.1 Å². The van der Waals surface area contributed by atoms with Crippen molar-refractivity contribution in [2.24, 2.45) is 0 Å². The van der Waals surface area contributed by atoms with E-state index in [1.165, 1.54) is 7.11 Å². The van der Waals surface area contributed by atoms with Gasteiger partial charge in [0.2, 0.25) is 0 Å². The second-order valence-electron chi connectivity index (χ2n) is 9.33. The van der Waals surface area contributed by atoms with E-state index in [0.29, 0.717) is 11.7 Å². The van der Waals surface area contributed by atoms with Gasteiger partial charge in [0.1, 0.15) is 17.4 Å². The number of hydrogen-bond acceptors (Lipinski definition) is 6. The lowest BCUT2D eigenvalue weighted by molar-refractivity contribution is -0.143. The largest absolute Gasteiger partial charge is 0.490 e. The van der Waals surface area contributed by atoms with Crippen LogP contribution in [0.15, 0.2) is 48.5 Å². The first kappa shape index (κ1) is 25.1. The summed E-state index contributed by atoms with van der Waals surface area (Å²) in [6.07, 6.45) is 1.87. The minimum atomic E-state index is -1.09. The molecule has 0 heterocycles. The van der Waals surface area contributed by atoms with E-state index in [1.807, 2.05) is 36.4 Å². The van der Waals surface area contributed by atoms with Crippen LogP contribution in [0.1, 0.15) is 50.9 Å². The molecule has 0 unspecified atom stereocenters. The van der Waals surface area contributed by atoms with Gasteiger partial charge < -0.3 is 24.8 Å². The van der Waals surface area contributed by atoms with Gasteiger partial charge in [-0.2, -0.15) is 0 Å². The highest BCUT2D eigenvalue weighted by Crippen LogP contribution is 2.28. The Morgan fingerprint density at radius 3 is 1.97 bits per heavy atom.